The summed E-state index contributed by atoms with van der Waals surface area (Å²) in [5.41, 5.74) is 5.90. The van der Waals surface area contributed by atoms with E-state index in [9.17, 15) is 0 Å². The third-order valence-electron chi connectivity index (χ3n) is 4.77. The maximum Gasteiger partial charge on any atom is 0.0313 e. The predicted octanol–water partition coefficient (Wildman–Crippen LogP) is 4.31. The molecule has 20 heavy (non-hydrogen) atoms. The number of fused-ring (bicyclic) bond motifs is 3. The zero-order valence-corrected chi connectivity index (χ0v) is 12.7. The van der Waals surface area contributed by atoms with Gasteiger partial charge in [-0.1, -0.05) is 69.3 Å². The Balaban J connectivity index is 2.15. The molecule has 1 heteroatoms. The maximum absolute atomic E-state index is 2.53. The molecule has 0 spiro atoms. The molecule has 0 heterocycles. The van der Waals surface area contributed by atoms with Crippen LogP contribution in [0.3, 0.4) is 0 Å². The highest BCUT2D eigenvalue weighted by Gasteiger charge is 2.39. The summed E-state index contributed by atoms with van der Waals surface area (Å²) >= 11 is 0. The minimum atomic E-state index is 0.110. The molecule has 3 rings (SSSR count). The zero-order chi connectivity index (χ0) is 14.2. The number of benzene rings is 2. The Morgan fingerprint density at radius 2 is 1.25 bits per heavy atom. The highest BCUT2D eigenvalue weighted by molar-refractivity contribution is 5.80. The predicted molar refractivity (Wildman–Crippen MR) is 86.1 cm³/mol. The molecular weight excluding hydrogens is 242 g/mol. The van der Waals surface area contributed by atoms with E-state index in [-0.39, 0.29) is 5.41 Å². The molecule has 2 aromatic rings. The van der Waals surface area contributed by atoms with E-state index in [0.29, 0.717) is 0 Å². The van der Waals surface area contributed by atoms with Crippen molar-refractivity contribution in [1.29, 1.82) is 0 Å². The van der Waals surface area contributed by atoms with Crippen LogP contribution >= 0.6 is 0 Å². The summed E-state index contributed by atoms with van der Waals surface area (Å²) in [7, 11) is 0. The van der Waals surface area contributed by atoms with Gasteiger partial charge in [0.25, 0.3) is 0 Å². The number of likely N-dealkylation sites (N-methyl/N-ethyl adjacent to an activating group) is 1. The zero-order valence-electron chi connectivity index (χ0n) is 12.7. The molecule has 0 aromatic heterocycles. The number of hydrogen-bond acceptors (Lipinski definition) is 1. The Bertz CT molecular complexity index is 565. The SMILES string of the molecule is CCN(CC)CC1(C)c2ccccc2-c2ccccc21. The summed E-state index contributed by atoms with van der Waals surface area (Å²) in [6.07, 6.45) is 0. The first-order chi connectivity index (χ1) is 9.70. The molecule has 1 aliphatic carbocycles. The van der Waals surface area contributed by atoms with Gasteiger partial charge in [-0.15, -0.1) is 0 Å². The standard InChI is InChI=1S/C19H23N/c1-4-20(5-2)14-19(3)17-12-8-6-10-15(17)16-11-7-9-13-18(16)19/h6-13H,4-5,14H2,1-3H3. The third kappa shape index (κ3) is 1.89. The Kier molecular flexibility index (Phi) is 3.39. The summed E-state index contributed by atoms with van der Waals surface area (Å²) in [5, 5.41) is 0. The first-order valence-corrected chi connectivity index (χ1v) is 7.62. The first-order valence-electron chi connectivity index (χ1n) is 7.62. The van der Waals surface area contributed by atoms with Crippen molar-refractivity contribution in [1.82, 2.24) is 4.90 Å². The van der Waals surface area contributed by atoms with Gasteiger partial charge in [0.1, 0.15) is 0 Å². The van der Waals surface area contributed by atoms with E-state index in [2.05, 4.69) is 74.2 Å². The van der Waals surface area contributed by atoms with E-state index in [1.807, 2.05) is 0 Å². The first kappa shape index (κ1) is 13.4. The monoisotopic (exact) mass is 265 g/mol. The van der Waals surface area contributed by atoms with Crippen LogP contribution in [0.2, 0.25) is 0 Å². The number of rotatable bonds is 4. The summed E-state index contributed by atoms with van der Waals surface area (Å²) < 4.78 is 0. The molecule has 1 nitrogen and oxygen atoms in total. The lowest BCUT2D eigenvalue weighted by Gasteiger charge is -2.33. The van der Waals surface area contributed by atoms with Crippen molar-refractivity contribution in [2.75, 3.05) is 19.6 Å². The van der Waals surface area contributed by atoms with Crippen LogP contribution in [-0.2, 0) is 5.41 Å². The summed E-state index contributed by atoms with van der Waals surface area (Å²) in [4.78, 5) is 2.53. The van der Waals surface area contributed by atoms with Crippen LogP contribution in [-0.4, -0.2) is 24.5 Å². The van der Waals surface area contributed by atoms with Crippen LogP contribution < -0.4 is 0 Å². The van der Waals surface area contributed by atoms with Gasteiger partial charge in [-0.3, -0.25) is 0 Å². The summed E-state index contributed by atoms with van der Waals surface area (Å²) in [5.74, 6) is 0. The second-order valence-corrected chi connectivity index (χ2v) is 5.88. The lowest BCUT2D eigenvalue weighted by molar-refractivity contribution is 0.258. The molecule has 0 fully saturated rings. The molecule has 0 unspecified atom stereocenters. The fourth-order valence-electron chi connectivity index (χ4n) is 3.61. The van der Waals surface area contributed by atoms with Crippen molar-refractivity contribution in [2.24, 2.45) is 0 Å². The highest BCUT2D eigenvalue weighted by atomic mass is 15.1. The molecular formula is C19H23N. The summed E-state index contributed by atoms with van der Waals surface area (Å²) in [6.45, 7) is 10.2. The van der Waals surface area contributed by atoms with E-state index >= 15 is 0 Å². The van der Waals surface area contributed by atoms with Gasteiger partial charge in [-0.05, 0) is 35.3 Å². The average Bonchev–Trinajstić information content (AvgIpc) is 2.76. The Morgan fingerprint density at radius 3 is 1.70 bits per heavy atom. The average molecular weight is 265 g/mol. The molecule has 0 N–H and O–H groups in total. The molecule has 1 aliphatic rings. The largest absolute Gasteiger partial charge is 0.303 e. The van der Waals surface area contributed by atoms with Crippen molar-refractivity contribution in [3.8, 4) is 11.1 Å². The van der Waals surface area contributed by atoms with Crippen LogP contribution in [0.25, 0.3) is 11.1 Å². The van der Waals surface area contributed by atoms with Crippen molar-refractivity contribution in [3.05, 3.63) is 59.7 Å². The van der Waals surface area contributed by atoms with Gasteiger partial charge in [0, 0.05) is 12.0 Å². The number of hydrogen-bond donors (Lipinski definition) is 0. The smallest absolute Gasteiger partial charge is 0.0313 e. The topological polar surface area (TPSA) is 3.24 Å². The summed E-state index contributed by atoms with van der Waals surface area (Å²) in [6, 6.07) is 17.8. The highest BCUT2D eigenvalue weighted by Crippen LogP contribution is 2.48. The molecule has 0 radical (unpaired) electrons. The fourth-order valence-corrected chi connectivity index (χ4v) is 3.61. The molecule has 0 aliphatic heterocycles. The molecule has 0 saturated carbocycles. The van der Waals surface area contributed by atoms with Gasteiger partial charge in [-0.2, -0.15) is 0 Å². The molecule has 0 saturated heterocycles. The third-order valence-corrected chi connectivity index (χ3v) is 4.77. The maximum atomic E-state index is 2.53. The van der Waals surface area contributed by atoms with Crippen molar-refractivity contribution < 1.29 is 0 Å². The van der Waals surface area contributed by atoms with Crippen LogP contribution in [0.15, 0.2) is 48.5 Å². The quantitative estimate of drug-likeness (QED) is 0.796. The van der Waals surface area contributed by atoms with Crippen molar-refractivity contribution in [3.63, 3.8) is 0 Å². The van der Waals surface area contributed by atoms with Gasteiger partial charge >= 0.3 is 0 Å². The molecule has 0 amide bonds. The van der Waals surface area contributed by atoms with E-state index in [1.165, 1.54) is 22.3 Å². The Labute approximate surface area is 122 Å². The van der Waals surface area contributed by atoms with E-state index in [1.54, 1.807) is 0 Å². The van der Waals surface area contributed by atoms with E-state index in [0.717, 1.165) is 19.6 Å². The fraction of sp³-hybridized carbons (Fsp3) is 0.368. The van der Waals surface area contributed by atoms with Gasteiger partial charge in [-0.25, -0.2) is 0 Å². The second kappa shape index (κ2) is 5.06. The lowest BCUT2D eigenvalue weighted by atomic mass is 9.79. The molecule has 104 valence electrons. The molecule has 0 atom stereocenters. The number of nitrogens with zero attached hydrogens (tertiary/aromatic N) is 1. The normalized spacial score (nSPS) is 15.2. The van der Waals surface area contributed by atoms with Crippen molar-refractivity contribution >= 4 is 0 Å². The molecule has 2 aromatic carbocycles. The van der Waals surface area contributed by atoms with E-state index in [4.69, 9.17) is 0 Å². The Hall–Kier alpha value is -1.60. The van der Waals surface area contributed by atoms with Crippen molar-refractivity contribution in [2.45, 2.75) is 26.2 Å². The van der Waals surface area contributed by atoms with Crippen LogP contribution in [0.5, 0.6) is 0 Å². The van der Waals surface area contributed by atoms with E-state index < -0.39 is 0 Å². The second-order valence-electron chi connectivity index (χ2n) is 5.88. The van der Waals surface area contributed by atoms with Gasteiger partial charge < -0.3 is 4.90 Å². The minimum absolute atomic E-state index is 0.110. The minimum Gasteiger partial charge on any atom is -0.303 e. The Morgan fingerprint density at radius 1 is 0.800 bits per heavy atom. The lowest BCUT2D eigenvalue weighted by Crippen LogP contribution is -2.38. The van der Waals surface area contributed by atoms with Gasteiger partial charge in [0.05, 0.1) is 0 Å². The molecule has 0 bridgehead atoms. The van der Waals surface area contributed by atoms with Crippen LogP contribution in [0.1, 0.15) is 31.9 Å². The van der Waals surface area contributed by atoms with Crippen LogP contribution in [0.4, 0.5) is 0 Å². The van der Waals surface area contributed by atoms with Gasteiger partial charge in [0.15, 0.2) is 0 Å². The van der Waals surface area contributed by atoms with Gasteiger partial charge in [0.2, 0.25) is 0 Å². The van der Waals surface area contributed by atoms with Crippen LogP contribution in [0, 0.1) is 0 Å².